The summed E-state index contributed by atoms with van der Waals surface area (Å²) in [5, 5.41) is 10.2. The number of nitro groups is 1. The van der Waals surface area contributed by atoms with E-state index in [0.29, 0.717) is 5.56 Å². The molecule has 0 atom stereocenters. The van der Waals surface area contributed by atoms with Crippen LogP contribution in [0.15, 0.2) is 24.3 Å². The molecule has 1 radical (unpaired) electrons. The number of carbonyl (C=O) groups excluding carboxylic acids is 1. The van der Waals surface area contributed by atoms with Crippen LogP contribution in [-0.4, -0.2) is 25.6 Å². The first-order valence-electron chi connectivity index (χ1n) is 3.07. The van der Waals surface area contributed by atoms with E-state index in [1.54, 1.807) is 0 Å². The summed E-state index contributed by atoms with van der Waals surface area (Å²) in [6.07, 6.45) is 0. The quantitative estimate of drug-likeness (QED) is 0.430. The molecular formula is C7H4NO3Se. The van der Waals surface area contributed by atoms with Crippen molar-refractivity contribution in [2.75, 3.05) is 0 Å². The molecule has 0 spiro atoms. The molecule has 0 N–H and O–H groups in total. The SMILES string of the molecule is O=C([Se])c1ccc([N+](=O)[O-])cc1. The molecule has 0 saturated heterocycles. The summed E-state index contributed by atoms with van der Waals surface area (Å²) in [5.41, 5.74) is 0.417. The summed E-state index contributed by atoms with van der Waals surface area (Å²) in [6.45, 7) is 0. The predicted octanol–water partition coefficient (Wildman–Crippen LogP) is 0.903. The van der Waals surface area contributed by atoms with Crippen molar-refractivity contribution in [2.24, 2.45) is 0 Å². The van der Waals surface area contributed by atoms with Gasteiger partial charge in [0.05, 0.1) is 0 Å². The van der Waals surface area contributed by atoms with E-state index in [4.69, 9.17) is 0 Å². The summed E-state index contributed by atoms with van der Waals surface area (Å²) < 4.78 is -0.218. The fourth-order valence-corrected chi connectivity index (χ4v) is 1.00. The molecule has 1 rings (SSSR count). The zero-order chi connectivity index (χ0) is 9.14. The third-order valence-corrected chi connectivity index (χ3v) is 1.81. The summed E-state index contributed by atoms with van der Waals surface area (Å²) >= 11 is 2.30. The van der Waals surface area contributed by atoms with Gasteiger partial charge in [-0.25, -0.2) is 0 Å². The van der Waals surface area contributed by atoms with Gasteiger partial charge in [0.25, 0.3) is 0 Å². The molecule has 1 aromatic rings. The number of hydrogen-bond donors (Lipinski definition) is 0. The molecular weight excluding hydrogens is 225 g/mol. The Kier molecular flexibility index (Phi) is 2.57. The van der Waals surface area contributed by atoms with Crippen molar-refractivity contribution in [2.45, 2.75) is 0 Å². The normalized spacial score (nSPS) is 9.33. The second-order valence-electron chi connectivity index (χ2n) is 2.09. The van der Waals surface area contributed by atoms with Crippen LogP contribution < -0.4 is 0 Å². The monoisotopic (exact) mass is 230 g/mol. The van der Waals surface area contributed by atoms with Gasteiger partial charge in [0.1, 0.15) is 0 Å². The third-order valence-electron chi connectivity index (χ3n) is 1.31. The van der Waals surface area contributed by atoms with E-state index >= 15 is 0 Å². The molecule has 0 saturated carbocycles. The van der Waals surface area contributed by atoms with E-state index in [1.165, 1.54) is 24.3 Å². The van der Waals surface area contributed by atoms with Crippen LogP contribution >= 0.6 is 0 Å². The van der Waals surface area contributed by atoms with Crippen molar-refractivity contribution in [1.82, 2.24) is 0 Å². The summed E-state index contributed by atoms with van der Waals surface area (Å²) in [6, 6.07) is 5.42. The predicted molar refractivity (Wildman–Crippen MR) is 43.2 cm³/mol. The molecule has 0 aliphatic rings. The maximum absolute atomic E-state index is 10.7. The number of non-ortho nitro benzene ring substituents is 1. The molecule has 0 heterocycles. The summed E-state index contributed by atoms with van der Waals surface area (Å²) in [4.78, 5) is 20.4. The van der Waals surface area contributed by atoms with Gasteiger partial charge >= 0.3 is 76.0 Å². The van der Waals surface area contributed by atoms with Gasteiger partial charge in [-0.2, -0.15) is 0 Å². The van der Waals surface area contributed by atoms with Gasteiger partial charge in [-0.05, 0) is 0 Å². The van der Waals surface area contributed by atoms with Crippen molar-refractivity contribution in [3.63, 3.8) is 0 Å². The molecule has 1 aromatic carbocycles. The van der Waals surface area contributed by atoms with E-state index in [-0.39, 0.29) is 10.4 Å². The van der Waals surface area contributed by atoms with Crippen LogP contribution in [0.1, 0.15) is 10.4 Å². The van der Waals surface area contributed by atoms with Crippen molar-refractivity contribution in [3.05, 3.63) is 39.9 Å². The Bertz CT molecular complexity index is 287. The van der Waals surface area contributed by atoms with Crippen LogP contribution in [0, 0.1) is 10.1 Å². The Hall–Kier alpha value is -1.19. The van der Waals surface area contributed by atoms with Crippen LogP contribution in [0.2, 0.25) is 0 Å². The molecule has 61 valence electrons. The maximum atomic E-state index is 10.7. The Morgan fingerprint density at radius 1 is 1.33 bits per heavy atom. The second kappa shape index (κ2) is 3.47. The Morgan fingerprint density at radius 3 is 2.17 bits per heavy atom. The van der Waals surface area contributed by atoms with Gasteiger partial charge in [-0.3, -0.25) is 0 Å². The number of hydrogen-bond acceptors (Lipinski definition) is 3. The van der Waals surface area contributed by atoms with Crippen LogP contribution in [0.4, 0.5) is 5.69 Å². The molecule has 0 unspecified atom stereocenters. The first-order valence-corrected chi connectivity index (χ1v) is 3.92. The number of nitro benzene ring substituents is 1. The number of carbonyl (C=O) groups is 1. The van der Waals surface area contributed by atoms with Crippen molar-refractivity contribution in [1.29, 1.82) is 0 Å². The molecule has 0 amide bonds. The Labute approximate surface area is 76.5 Å². The molecule has 0 aliphatic carbocycles. The van der Waals surface area contributed by atoms with Crippen LogP contribution in [0.3, 0.4) is 0 Å². The topological polar surface area (TPSA) is 60.2 Å². The van der Waals surface area contributed by atoms with Gasteiger partial charge in [-0.1, -0.05) is 0 Å². The minimum atomic E-state index is -0.506. The standard InChI is InChI=1S/C7H4NO3Se/c9-7(12)5-1-3-6(4-2-5)8(10)11/h1-4H. The van der Waals surface area contributed by atoms with E-state index in [1.807, 2.05) is 0 Å². The second-order valence-corrected chi connectivity index (χ2v) is 2.87. The van der Waals surface area contributed by atoms with Crippen molar-refractivity contribution in [3.8, 4) is 0 Å². The van der Waals surface area contributed by atoms with E-state index in [2.05, 4.69) is 16.0 Å². The van der Waals surface area contributed by atoms with E-state index in [9.17, 15) is 14.9 Å². The molecule has 0 bridgehead atoms. The molecule has 12 heavy (non-hydrogen) atoms. The average molecular weight is 229 g/mol. The summed E-state index contributed by atoms with van der Waals surface area (Å²) in [7, 11) is 0. The molecule has 0 aliphatic heterocycles. The Morgan fingerprint density at radius 2 is 1.83 bits per heavy atom. The van der Waals surface area contributed by atoms with Gasteiger partial charge in [0.2, 0.25) is 0 Å². The number of nitrogens with zero attached hydrogens (tertiary/aromatic N) is 1. The molecule has 5 heteroatoms. The van der Waals surface area contributed by atoms with Gasteiger partial charge < -0.3 is 0 Å². The average Bonchev–Trinajstić information content (AvgIpc) is 2.04. The number of rotatable bonds is 2. The van der Waals surface area contributed by atoms with Gasteiger partial charge in [0.15, 0.2) is 0 Å². The Balaban J connectivity index is 3.01. The zero-order valence-corrected chi connectivity index (χ0v) is 7.60. The van der Waals surface area contributed by atoms with E-state index < -0.39 is 4.92 Å². The molecule has 4 nitrogen and oxygen atoms in total. The first kappa shape index (κ1) is 8.90. The van der Waals surface area contributed by atoms with Gasteiger partial charge in [0, 0.05) is 0 Å². The van der Waals surface area contributed by atoms with Crippen LogP contribution in [0.5, 0.6) is 0 Å². The molecule has 0 aromatic heterocycles. The first-order chi connectivity index (χ1) is 5.61. The van der Waals surface area contributed by atoms with Crippen molar-refractivity contribution < 1.29 is 9.72 Å². The van der Waals surface area contributed by atoms with Gasteiger partial charge in [-0.15, -0.1) is 0 Å². The fraction of sp³-hybridized carbons (Fsp3) is 0. The molecule has 0 fully saturated rings. The third kappa shape index (κ3) is 1.90. The number of benzene rings is 1. The zero-order valence-electron chi connectivity index (χ0n) is 5.89. The minimum absolute atomic E-state index is 0.0139. The van der Waals surface area contributed by atoms with Crippen LogP contribution in [-0.2, 0) is 0 Å². The van der Waals surface area contributed by atoms with Crippen molar-refractivity contribution >= 4 is 26.4 Å². The summed E-state index contributed by atoms with van der Waals surface area (Å²) in [5.74, 6) is 0. The fourth-order valence-electron chi connectivity index (χ4n) is 0.719. The van der Waals surface area contributed by atoms with Crippen LogP contribution in [0.25, 0.3) is 0 Å². The van der Waals surface area contributed by atoms with E-state index in [0.717, 1.165) is 0 Å².